The summed E-state index contributed by atoms with van der Waals surface area (Å²) in [6, 6.07) is 2.00. The average molecular weight is 300 g/mol. The molecule has 1 fully saturated rings. The van der Waals surface area contributed by atoms with E-state index < -0.39 is 0 Å². The van der Waals surface area contributed by atoms with Crippen LogP contribution in [0.2, 0.25) is 0 Å². The number of thiophene rings is 1. The highest BCUT2D eigenvalue weighted by Crippen LogP contribution is 2.38. The number of carbonyl (C=O) groups excluding carboxylic acids is 2. The van der Waals surface area contributed by atoms with Crippen molar-refractivity contribution in [3.8, 4) is 0 Å². The van der Waals surface area contributed by atoms with Crippen LogP contribution in [-0.4, -0.2) is 49.3 Å². The Bertz CT molecular complexity index is 436. The van der Waals surface area contributed by atoms with E-state index in [-0.39, 0.29) is 23.7 Å². The first kappa shape index (κ1) is 14.4. The van der Waals surface area contributed by atoms with Crippen LogP contribution < -0.4 is 5.32 Å². The molecule has 0 saturated carbocycles. The maximum atomic E-state index is 11.8. The van der Waals surface area contributed by atoms with Gasteiger partial charge in [-0.05, 0) is 22.4 Å². The molecule has 104 valence electrons. The van der Waals surface area contributed by atoms with E-state index in [0.29, 0.717) is 18.9 Å². The lowest BCUT2D eigenvalue weighted by Gasteiger charge is -2.22. The van der Waals surface area contributed by atoms with Crippen molar-refractivity contribution in [1.29, 1.82) is 0 Å². The number of rotatable bonds is 6. The van der Waals surface area contributed by atoms with Crippen LogP contribution in [0.15, 0.2) is 16.8 Å². The number of amides is 2. The van der Waals surface area contributed by atoms with Crippen LogP contribution in [-0.2, 0) is 14.3 Å². The summed E-state index contributed by atoms with van der Waals surface area (Å²) in [6.45, 7) is 1.05. The van der Waals surface area contributed by atoms with Gasteiger partial charge in [0.2, 0.25) is 11.8 Å². The lowest BCUT2D eigenvalue weighted by atomic mass is 10.3. The zero-order chi connectivity index (χ0) is 13.7. The first-order chi connectivity index (χ1) is 9.22. The summed E-state index contributed by atoms with van der Waals surface area (Å²) in [5.41, 5.74) is 1.09. The molecule has 0 spiro atoms. The monoisotopic (exact) mass is 300 g/mol. The topological polar surface area (TPSA) is 58.6 Å². The number of hydrogen-bond donors (Lipinski definition) is 1. The van der Waals surface area contributed by atoms with Gasteiger partial charge in [0, 0.05) is 13.7 Å². The van der Waals surface area contributed by atoms with E-state index in [4.69, 9.17) is 4.74 Å². The molecule has 1 saturated heterocycles. The Morgan fingerprint density at radius 1 is 1.63 bits per heavy atom. The smallest absolute Gasteiger partial charge is 0.239 e. The van der Waals surface area contributed by atoms with E-state index in [1.54, 1.807) is 35.1 Å². The Balaban J connectivity index is 1.93. The average Bonchev–Trinajstić information content (AvgIpc) is 3.01. The molecular weight excluding hydrogens is 284 g/mol. The van der Waals surface area contributed by atoms with Crippen molar-refractivity contribution in [2.24, 2.45) is 0 Å². The second kappa shape index (κ2) is 6.93. The molecule has 1 N–H and O–H groups in total. The van der Waals surface area contributed by atoms with Crippen molar-refractivity contribution in [3.05, 3.63) is 22.4 Å². The lowest BCUT2D eigenvalue weighted by molar-refractivity contribution is -0.133. The number of nitrogens with one attached hydrogen (secondary N) is 1. The number of nitrogens with zero attached hydrogens (tertiary/aromatic N) is 1. The van der Waals surface area contributed by atoms with E-state index >= 15 is 0 Å². The molecule has 2 heterocycles. The Hall–Kier alpha value is -1.05. The normalized spacial score (nSPS) is 18.9. The van der Waals surface area contributed by atoms with Gasteiger partial charge in [-0.1, -0.05) is 0 Å². The van der Waals surface area contributed by atoms with Crippen molar-refractivity contribution in [2.75, 3.05) is 32.6 Å². The summed E-state index contributed by atoms with van der Waals surface area (Å²) in [4.78, 5) is 25.3. The largest absolute Gasteiger partial charge is 0.383 e. The maximum absolute atomic E-state index is 11.8. The van der Waals surface area contributed by atoms with Crippen molar-refractivity contribution in [1.82, 2.24) is 10.2 Å². The third-order valence-corrected chi connectivity index (χ3v) is 4.70. The molecule has 2 rings (SSSR count). The molecule has 19 heavy (non-hydrogen) atoms. The summed E-state index contributed by atoms with van der Waals surface area (Å²) in [7, 11) is 1.58. The van der Waals surface area contributed by atoms with Crippen molar-refractivity contribution < 1.29 is 14.3 Å². The van der Waals surface area contributed by atoms with Crippen LogP contribution in [0.3, 0.4) is 0 Å². The second-order valence-electron chi connectivity index (χ2n) is 4.08. The summed E-state index contributed by atoms with van der Waals surface area (Å²) < 4.78 is 4.87. The van der Waals surface area contributed by atoms with Crippen LogP contribution in [0.1, 0.15) is 10.9 Å². The van der Waals surface area contributed by atoms with E-state index in [1.165, 1.54) is 0 Å². The SMILES string of the molecule is COCCNC(=O)CN1C(=O)CS[C@@H]1c1ccsc1. The molecule has 0 aromatic carbocycles. The second-order valence-corrected chi connectivity index (χ2v) is 5.93. The van der Waals surface area contributed by atoms with E-state index in [1.807, 2.05) is 16.8 Å². The Morgan fingerprint density at radius 3 is 3.16 bits per heavy atom. The van der Waals surface area contributed by atoms with Crippen molar-refractivity contribution >= 4 is 34.9 Å². The minimum absolute atomic E-state index is 0.0168. The molecule has 5 nitrogen and oxygen atoms in total. The fourth-order valence-corrected chi connectivity index (χ4v) is 3.76. The summed E-state index contributed by atoms with van der Waals surface area (Å²) in [5.74, 6) is 0.308. The Kier molecular flexibility index (Phi) is 5.24. The third kappa shape index (κ3) is 3.71. The Labute approximate surface area is 120 Å². The summed E-state index contributed by atoms with van der Waals surface area (Å²) >= 11 is 3.16. The number of ether oxygens (including phenoxy) is 1. The van der Waals surface area contributed by atoms with Gasteiger partial charge in [-0.2, -0.15) is 11.3 Å². The highest BCUT2D eigenvalue weighted by Gasteiger charge is 2.34. The zero-order valence-corrected chi connectivity index (χ0v) is 12.3. The molecule has 0 unspecified atom stereocenters. The molecule has 1 aliphatic heterocycles. The predicted molar refractivity (Wildman–Crippen MR) is 76.1 cm³/mol. The van der Waals surface area contributed by atoms with Gasteiger partial charge in [-0.15, -0.1) is 11.8 Å². The van der Waals surface area contributed by atoms with Crippen LogP contribution in [0, 0.1) is 0 Å². The van der Waals surface area contributed by atoms with Crippen LogP contribution in [0.4, 0.5) is 0 Å². The minimum atomic E-state index is -0.145. The standard InChI is InChI=1S/C12H16N2O3S2/c1-17-4-3-13-10(15)6-14-11(16)8-19-12(14)9-2-5-18-7-9/h2,5,7,12H,3-4,6,8H2,1H3,(H,13,15)/t12-/m1/s1. The van der Waals surface area contributed by atoms with Crippen LogP contribution in [0.25, 0.3) is 0 Å². The maximum Gasteiger partial charge on any atom is 0.239 e. The lowest BCUT2D eigenvalue weighted by Crippen LogP contribution is -2.40. The van der Waals surface area contributed by atoms with Crippen molar-refractivity contribution in [3.63, 3.8) is 0 Å². The Morgan fingerprint density at radius 2 is 2.47 bits per heavy atom. The summed E-state index contributed by atoms with van der Waals surface area (Å²) in [6.07, 6.45) is 0. The molecule has 1 atom stereocenters. The van der Waals surface area contributed by atoms with E-state index in [0.717, 1.165) is 5.56 Å². The molecule has 0 aliphatic carbocycles. The molecular formula is C12H16N2O3S2. The minimum Gasteiger partial charge on any atom is -0.383 e. The number of thioether (sulfide) groups is 1. The number of hydrogen-bond acceptors (Lipinski definition) is 5. The molecule has 7 heteroatoms. The highest BCUT2D eigenvalue weighted by molar-refractivity contribution is 8.00. The van der Waals surface area contributed by atoms with Gasteiger partial charge in [0.25, 0.3) is 0 Å². The molecule has 2 amide bonds. The molecule has 0 bridgehead atoms. The number of methoxy groups -OCH3 is 1. The van der Waals surface area contributed by atoms with Crippen molar-refractivity contribution in [2.45, 2.75) is 5.37 Å². The first-order valence-electron chi connectivity index (χ1n) is 5.91. The van der Waals surface area contributed by atoms with Crippen LogP contribution >= 0.6 is 23.1 Å². The van der Waals surface area contributed by atoms with Gasteiger partial charge in [0.05, 0.1) is 12.4 Å². The highest BCUT2D eigenvalue weighted by atomic mass is 32.2. The van der Waals surface area contributed by atoms with Crippen LogP contribution in [0.5, 0.6) is 0 Å². The fraction of sp³-hybridized carbons (Fsp3) is 0.500. The number of carbonyl (C=O) groups is 2. The van der Waals surface area contributed by atoms with Gasteiger partial charge in [0.15, 0.2) is 0 Å². The summed E-state index contributed by atoms with van der Waals surface area (Å²) in [5, 5.41) is 6.70. The fourth-order valence-electron chi connectivity index (χ4n) is 1.82. The molecule has 0 radical (unpaired) electrons. The van der Waals surface area contributed by atoms with Gasteiger partial charge >= 0.3 is 0 Å². The quantitative estimate of drug-likeness (QED) is 0.799. The van der Waals surface area contributed by atoms with E-state index in [9.17, 15) is 9.59 Å². The molecule has 1 aliphatic rings. The van der Waals surface area contributed by atoms with E-state index in [2.05, 4.69) is 5.32 Å². The van der Waals surface area contributed by atoms with Gasteiger partial charge in [-0.3, -0.25) is 9.59 Å². The van der Waals surface area contributed by atoms with Gasteiger partial charge < -0.3 is 15.0 Å². The third-order valence-electron chi connectivity index (χ3n) is 2.74. The first-order valence-corrected chi connectivity index (χ1v) is 7.90. The molecule has 1 aromatic heterocycles. The van der Waals surface area contributed by atoms with Gasteiger partial charge in [-0.25, -0.2) is 0 Å². The molecule has 1 aromatic rings. The van der Waals surface area contributed by atoms with Gasteiger partial charge in [0.1, 0.15) is 11.9 Å². The predicted octanol–water partition coefficient (Wildman–Crippen LogP) is 1.08. The zero-order valence-electron chi connectivity index (χ0n) is 10.6.